The molecular weight excluding hydrogens is 681 g/mol. The Morgan fingerprint density at radius 1 is 0.778 bits per heavy atom. The minimum absolute atomic E-state index is 0.175. The first kappa shape index (κ1) is 36.1. The number of nitrogens with one attached hydrogen (secondary N) is 1. The molecule has 7 rings (SSSR count). The van der Waals surface area contributed by atoms with Crippen molar-refractivity contribution in [1.82, 2.24) is 19.8 Å². The molecule has 1 N–H and O–H groups in total. The van der Waals surface area contributed by atoms with Crippen molar-refractivity contribution in [3.63, 3.8) is 0 Å². The number of fused-ring (bicyclic) bond motifs is 3. The SMILES string of the molecule is COC(=O)c1nn2c(-c3c(C)cc(C(=O)NCCCCCN4C(=O)c5ccccc5C4=O)cc3C)cccc2c1CCCOc1cccc2ccccc12. The maximum Gasteiger partial charge on any atom is 0.358 e. The van der Waals surface area contributed by atoms with Gasteiger partial charge in [-0.2, -0.15) is 5.10 Å². The Kier molecular flexibility index (Phi) is 10.5. The van der Waals surface area contributed by atoms with Crippen molar-refractivity contribution in [1.29, 1.82) is 0 Å². The summed E-state index contributed by atoms with van der Waals surface area (Å²) in [4.78, 5) is 52.7. The fraction of sp³-hybridized carbons (Fsp3) is 0.250. The zero-order valence-corrected chi connectivity index (χ0v) is 30.7. The van der Waals surface area contributed by atoms with Gasteiger partial charge in [-0.25, -0.2) is 9.31 Å². The van der Waals surface area contributed by atoms with Crippen LogP contribution in [0.2, 0.25) is 0 Å². The van der Waals surface area contributed by atoms with Gasteiger partial charge in [0.15, 0.2) is 5.69 Å². The first-order valence-corrected chi connectivity index (χ1v) is 18.3. The lowest BCUT2D eigenvalue weighted by Gasteiger charge is -2.15. The van der Waals surface area contributed by atoms with E-state index in [1.807, 2.05) is 74.5 Å². The normalized spacial score (nSPS) is 12.4. The molecule has 3 heterocycles. The van der Waals surface area contributed by atoms with Crippen molar-refractivity contribution >= 4 is 40.0 Å². The van der Waals surface area contributed by atoms with Gasteiger partial charge in [0.25, 0.3) is 17.7 Å². The summed E-state index contributed by atoms with van der Waals surface area (Å²) in [6, 6.07) is 30.6. The highest BCUT2D eigenvalue weighted by Gasteiger charge is 2.34. The van der Waals surface area contributed by atoms with Crippen LogP contribution < -0.4 is 10.1 Å². The first-order valence-electron chi connectivity index (χ1n) is 18.3. The Morgan fingerprint density at radius 3 is 2.20 bits per heavy atom. The monoisotopic (exact) mass is 722 g/mol. The van der Waals surface area contributed by atoms with E-state index >= 15 is 0 Å². The predicted octanol–water partition coefficient (Wildman–Crippen LogP) is 7.77. The van der Waals surface area contributed by atoms with E-state index in [1.165, 1.54) is 12.0 Å². The third-order valence-corrected chi connectivity index (χ3v) is 9.99. The van der Waals surface area contributed by atoms with Crippen molar-refractivity contribution < 1.29 is 28.7 Å². The van der Waals surface area contributed by atoms with Gasteiger partial charge in [-0.1, -0.05) is 54.6 Å². The first-order chi connectivity index (χ1) is 26.3. The zero-order valence-electron chi connectivity index (χ0n) is 30.7. The number of aryl methyl sites for hydroxylation is 3. The van der Waals surface area contributed by atoms with Gasteiger partial charge in [0, 0.05) is 35.2 Å². The summed E-state index contributed by atoms with van der Waals surface area (Å²) in [6.45, 7) is 5.22. The van der Waals surface area contributed by atoms with E-state index < -0.39 is 5.97 Å². The smallest absolute Gasteiger partial charge is 0.358 e. The van der Waals surface area contributed by atoms with E-state index in [4.69, 9.17) is 14.6 Å². The number of nitrogens with zero attached hydrogens (tertiary/aromatic N) is 3. The number of carbonyl (C=O) groups is 4. The number of carbonyl (C=O) groups excluding carboxylic acids is 4. The van der Waals surface area contributed by atoms with Crippen molar-refractivity contribution in [3.05, 3.63) is 136 Å². The third kappa shape index (κ3) is 7.07. The van der Waals surface area contributed by atoms with E-state index in [0.717, 1.165) is 56.4 Å². The molecule has 0 radical (unpaired) electrons. The average Bonchev–Trinajstić information content (AvgIpc) is 3.68. The van der Waals surface area contributed by atoms with Crippen molar-refractivity contribution in [2.24, 2.45) is 0 Å². The van der Waals surface area contributed by atoms with Crippen LogP contribution in [0.25, 0.3) is 27.5 Å². The maximum absolute atomic E-state index is 13.2. The standard InChI is InChI=1S/C44H42N4O6/c1-28-26-31(41(49)45-23-9-4-10-24-47-42(50)33-17-7-8-18-34(33)43(47)51)27-29(2)39(28)37-21-12-20-36-35(40(44(52)53-3)46-48(36)37)19-13-25-54-38-22-11-15-30-14-5-6-16-32(30)38/h5-8,11-12,14-18,20-22,26-27H,4,9-10,13,19,23-25H2,1-3H3,(H,45,49). The van der Waals surface area contributed by atoms with Crippen LogP contribution in [0, 0.1) is 13.8 Å². The molecule has 0 fully saturated rings. The Morgan fingerprint density at radius 2 is 1.46 bits per heavy atom. The molecule has 274 valence electrons. The molecule has 0 bridgehead atoms. The number of hydrogen-bond acceptors (Lipinski definition) is 7. The number of amides is 3. The number of benzene rings is 4. The molecule has 0 atom stereocenters. The second-order valence-corrected chi connectivity index (χ2v) is 13.6. The quantitative estimate of drug-likeness (QED) is 0.0694. The van der Waals surface area contributed by atoms with E-state index in [0.29, 0.717) is 62.1 Å². The van der Waals surface area contributed by atoms with Crippen molar-refractivity contribution in [2.45, 2.75) is 46.0 Å². The molecule has 10 heteroatoms. The molecule has 6 aromatic rings. The lowest BCUT2D eigenvalue weighted by molar-refractivity contribution is 0.0590. The summed E-state index contributed by atoms with van der Waals surface area (Å²) in [5, 5.41) is 9.95. The number of rotatable bonds is 14. The predicted molar refractivity (Wildman–Crippen MR) is 207 cm³/mol. The van der Waals surface area contributed by atoms with Crippen LogP contribution in [0.1, 0.15) is 83.9 Å². The number of aromatic nitrogens is 2. The summed E-state index contributed by atoms with van der Waals surface area (Å²) in [6.07, 6.45) is 3.35. The highest BCUT2D eigenvalue weighted by atomic mass is 16.5. The number of pyridine rings is 1. The van der Waals surface area contributed by atoms with Crippen LogP contribution in [0.4, 0.5) is 0 Å². The molecule has 0 saturated carbocycles. The lowest BCUT2D eigenvalue weighted by Crippen LogP contribution is -2.31. The summed E-state index contributed by atoms with van der Waals surface area (Å²) < 4.78 is 13.1. The minimum Gasteiger partial charge on any atom is -0.493 e. The molecule has 54 heavy (non-hydrogen) atoms. The highest BCUT2D eigenvalue weighted by Crippen LogP contribution is 2.32. The minimum atomic E-state index is -0.501. The van der Waals surface area contributed by atoms with Crippen molar-refractivity contribution in [3.8, 4) is 17.0 Å². The molecule has 1 aliphatic heterocycles. The Balaban J connectivity index is 0.996. The zero-order chi connectivity index (χ0) is 37.8. The number of hydrogen-bond donors (Lipinski definition) is 1. The van der Waals surface area contributed by atoms with Crippen LogP contribution in [-0.4, -0.2) is 65.0 Å². The van der Waals surface area contributed by atoms with Gasteiger partial charge in [0.05, 0.1) is 36.1 Å². The van der Waals surface area contributed by atoms with E-state index in [9.17, 15) is 19.2 Å². The molecule has 0 spiro atoms. The van der Waals surface area contributed by atoms with Crippen LogP contribution in [0.15, 0.2) is 97.1 Å². The molecule has 0 unspecified atom stereocenters. The van der Waals surface area contributed by atoms with Gasteiger partial charge in [0.1, 0.15) is 5.75 Å². The summed E-state index contributed by atoms with van der Waals surface area (Å²) in [5.41, 5.74) is 6.85. The van der Waals surface area contributed by atoms with Gasteiger partial charge >= 0.3 is 5.97 Å². The van der Waals surface area contributed by atoms with Crippen LogP contribution in [0.5, 0.6) is 5.75 Å². The molecule has 3 amide bonds. The second-order valence-electron chi connectivity index (χ2n) is 13.6. The summed E-state index contributed by atoms with van der Waals surface area (Å²) in [5.74, 6) is -0.344. The highest BCUT2D eigenvalue weighted by molar-refractivity contribution is 6.21. The summed E-state index contributed by atoms with van der Waals surface area (Å²) in [7, 11) is 1.36. The van der Waals surface area contributed by atoms with Gasteiger partial charge in [0.2, 0.25) is 0 Å². The van der Waals surface area contributed by atoms with E-state index in [2.05, 4.69) is 17.4 Å². The fourth-order valence-corrected chi connectivity index (χ4v) is 7.38. The number of unbranched alkanes of at least 4 members (excludes halogenated alkanes) is 2. The maximum atomic E-state index is 13.2. The van der Waals surface area contributed by atoms with E-state index in [-0.39, 0.29) is 23.4 Å². The average molecular weight is 723 g/mol. The molecule has 1 aliphatic rings. The molecule has 10 nitrogen and oxygen atoms in total. The number of ether oxygens (including phenoxy) is 2. The Labute approximate surface area is 313 Å². The van der Waals surface area contributed by atoms with E-state index in [1.54, 1.807) is 28.8 Å². The number of methoxy groups -OCH3 is 1. The van der Waals surface area contributed by atoms with Crippen LogP contribution in [-0.2, 0) is 11.2 Å². The fourth-order valence-electron chi connectivity index (χ4n) is 7.38. The second kappa shape index (κ2) is 15.8. The molecular formula is C44H42N4O6. The number of esters is 1. The molecule has 4 aromatic carbocycles. The molecule has 2 aromatic heterocycles. The summed E-state index contributed by atoms with van der Waals surface area (Å²) >= 11 is 0. The van der Waals surface area contributed by atoms with Gasteiger partial charge in [-0.05, 0) is 105 Å². The van der Waals surface area contributed by atoms with Gasteiger partial charge in [-0.15, -0.1) is 0 Å². The Hall–Kier alpha value is -6.29. The van der Waals surface area contributed by atoms with Crippen molar-refractivity contribution in [2.75, 3.05) is 26.8 Å². The largest absolute Gasteiger partial charge is 0.493 e. The van der Waals surface area contributed by atoms with Gasteiger partial charge in [-0.3, -0.25) is 19.3 Å². The molecule has 0 saturated heterocycles. The topological polar surface area (TPSA) is 119 Å². The van der Waals surface area contributed by atoms with Crippen LogP contribution >= 0.6 is 0 Å². The third-order valence-electron chi connectivity index (χ3n) is 9.99. The number of imide groups is 1. The lowest BCUT2D eigenvalue weighted by atomic mass is 9.96. The van der Waals surface area contributed by atoms with Gasteiger partial charge < -0.3 is 14.8 Å². The Bertz CT molecular complexity index is 2350. The molecule has 0 aliphatic carbocycles. The van der Waals surface area contributed by atoms with Crippen LogP contribution in [0.3, 0.4) is 0 Å².